The number of benzene rings is 3. The maximum Gasteiger partial charge on any atom is 0.338 e. The van der Waals surface area contributed by atoms with Gasteiger partial charge in [-0.1, -0.05) is 155 Å². The molecule has 0 unspecified atom stereocenters. The minimum atomic E-state index is -2.40. The topological polar surface area (TPSA) is 96.3 Å². The lowest BCUT2D eigenvalue weighted by Gasteiger charge is -2.48. The molecule has 1 saturated heterocycles. The maximum absolute atomic E-state index is 13.6. The van der Waals surface area contributed by atoms with Gasteiger partial charge in [-0.05, 0) is 39.9 Å². The smallest absolute Gasteiger partial charge is 0.338 e. The van der Waals surface area contributed by atoms with Crippen LogP contribution in [0.15, 0.2) is 91.0 Å². The van der Waals surface area contributed by atoms with Gasteiger partial charge in [-0.3, -0.25) is 5.41 Å². The van der Waals surface area contributed by atoms with Gasteiger partial charge in [0.05, 0.1) is 25.4 Å². The summed E-state index contributed by atoms with van der Waals surface area (Å²) in [5.74, 6) is -1.35. The van der Waals surface area contributed by atoms with Crippen molar-refractivity contribution >= 4 is 55.0 Å². The zero-order valence-corrected chi connectivity index (χ0v) is 32.7. The van der Waals surface area contributed by atoms with Crippen molar-refractivity contribution < 1.29 is 32.9 Å². The molecule has 0 spiro atoms. The molecule has 8 nitrogen and oxygen atoms in total. The van der Waals surface area contributed by atoms with Crippen LogP contribution in [0.25, 0.3) is 0 Å². The highest BCUT2D eigenvalue weighted by molar-refractivity contribution is 6.77. The first-order chi connectivity index (χ1) is 23.7. The summed E-state index contributed by atoms with van der Waals surface area (Å²) in [5.41, 5.74) is 3.01. The van der Waals surface area contributed by atoms with Crippen molar-refractivity contribution in [2.45, 2.75) is 106 Å². The predicted octanol–water partition coefficient (Wildman–Crippen LogP) is 9.66. The van der Waals surface area contributed by atoms with Crippen molar-refractivity contribution in [3.05, 3.63) is 108 Å². The van der Waals surface area contributed by atoms with Gasteiger partial charge in [-0.15, -0.1) is 0 Å². The third-order valence-corrected chi connectivity index (χ3v) is 15.7. The van der Waals surface area contributed by atoms with E-state index >= 15 is 0 Å². The first-order valence-electron chi connectivity index (χ1n) is 16.9. The number of carbonyl (C=O) groups is 1. The van der Waals surface area contributed by atoms with Gasteiger partial charge in [0.25, 0.3) is 3.79 Å². The van der Waals surface area contributed by atoms with Crippen LogP contribution in [-0.2, 0) is 41.3 Å². The van der Waals surface area contributed by atoms with Gasteiger partial charge in [0, 0.05) is 0 Å². The molecular weight excluding hydrogens is 717 g/mol. The fraction of sp³-hybridized carbons (Fsp3) is 0.474. The largest absolute Gasteiger partial charge is 0.449 e. The Kier molecular flexibility index (Phi) is 14.8. The van der Waals surface area contributed by atoms with Gasteiger partial charge < -0.3 is 28.1 Å². The molecule has 1 aliphatic heterocycles. The van der Waals surface area contributed by atoms with Gasteiger partial charge in [-0.2, -0.15) is 0 Å². The van der Waals surface area contributed by atoms with E-state index in [4.69, 9.17) is 68.3 Å². The standard InChI is InChI=1S/C38H48Cl3NO7Si/c1-25(2)50(26(3)4,27(5)6)46-24-31-32(44-22-28-16-10-7-11-17-28)33(45-23-29-18-12-8-13-19-29)34(36(47-31)49-37(42)38(39,40)41)48-35(43)30-20-14-9-15-21-30/h7-21,25-27,31-34,36,42H,22-24H2,1-6H3/t31-,32-,33+,34+,36-/m1/s1. The fourth-order valence-corrected chi connectivity index (χ4v) is 12.4. The molecule has 1 heterocycles. The van der Waals surface area contributed by atoms with Crippen LogP contribution in [0.5, 0.6) is 0 Å². The van der Waals surface area contributed by atoms with Crippen LogP contribution in [0.2, 0.25) is 16.6 Å². The number of carbonyl (C=O) groups excluding carboxylic acids is 1. The second kappa shape index (κ2) is 18.3. The molecule has 3 aromatic carbocycles. The molecule has 0 saturated carbocycles. The van der Waals surface area contributed by atoms with E-state index in [0.29, 0.717) is 22.2 Å². The van der Waals surface area contributed by atoms with Crippen molar-refractivity contribution in [2.24, 2.45) is 0 Å². The molecule has 0 aliphatic carbocycles. The molecule has 50 heavy (non-hydrogen) atoms. The quantitative estimate of drug-likeness (QED) is 0.0542. The van der Waals surface area contributed by atoms with E-state index in [0.717, 1.165) is 11.1 Å². The zero-order chi connectivity index (χ0) is 36.5. The van der Waals surface area contributed by atoms with E-state index in [1.165, 1.54) is 0 Å². The monoisotopic (exact) mass is 763 g/mol. The molecular formula is C38H48Cl3NO7Si. The average Bonchev–Trinajstić information content (AvgIpc) is 3.08. The summed E-state index contributed by atoms with van der Waals surface area (Å²) in [6, 6.07) is 27.9. The molecule has 0 radical (unpaired) electrons. The van der Waals surface area contributed by atoms with Crippen LogP contribution in [0.3, 0.4) is 0 Å². The highest BCUT2D eigenvalue weighted by Gasteiger charge is 2.54. The van der Waals surface area contributed by atoms with Crippen molar-refractivity contribution in [3.63, 3.8) is 0 Å². The Bertz CT molecular complexity index is 1470. The number of nitrogens with one attached hydrogen (secondary N) is 1. The van der Waals surface area contributed by atoms with Crippen LogP contribution in [-0.4, -0.2) is 61.3 Å². The highest BCUT2D eigenvalue weighted by Crippen LogP contribution is 2.43. The van der Waals surface area contributed by atoms with Gasteiger partial charge in [0.15, 0.2) is 14.4 Å². The number of alkyl halides is 3. The van der Waals surface area contributed by atoms with Gasteiger partial charge in [-0.25, -0.2) is 4.79 Å². The first-order valence-corrected chi connectivity index (χ1v) is 20.2. The highest BCUT2D eigenvalue weighted by atomic mass is 35.6. The van der Waals surface area contributed by atoms with E-state index in [-0.39, 0.29) is 19.8 Å². The van der Waals surface area contributed by atoms with E-state index in [1.807, 2.05) is 60.7 Å². The minimum absolute atomic E-state index is 0.131. The molecule has 3 aromatic rings. The summed E-state index contributed by atoms with van der Waals surface area (Å²) in [5, 5.41) is 8.46. The van der Waals surface area contributed by atoms with E-state index in [9.17, 15) is 4.79 Å². The van der Waals surface area contributed by atoms with Crippen LogP contribution in [0, 0.1) is 5.41 Å². The summed E-state index contributed by atoms with van der Waals surface area (Å²) >= 11 is 18.2. The summed E-state index contributed by atoms with van der Waals surface area (Å²) in [7, 11) is -2.40. The average molecular weight is 765 g/mol. The number of ether oxygens (including phenoxy) is 5. The molecule has 1 fully saturated rings. The first kappa shape index (κ1) is 40.3. The van der Waals surface area contributed by atoms with Crippen molar-refractivity contribution in [1.29, 1.82) is 5.41 Å². The summed E-state index contributed by atoms with van der Waals surface area (Å²) in [4.78, 5) is 13.6. The molecule has 0 bridgehead atoms. The third-order valence-electron chi connectivity index (χ3n) is 9.11. The Hall–Kier alpha value is -2.47. The normalized spacial score (nSPS) is 21.4. The lowest BCUT2D eigenvalue weighted by atomic mass is 9.97. The lowest BCUT2D eigenvalue weighted by molar-refractivity contribution is -0.299. The molecule has 0 amide bonds. The zero-order valence-electron chi connectivity index (χ0n) is 29.4. The molecule has 5 atom stereocenters. The second-order valence-electron chi connectivity index (χ2n) is 13.4. The summed E-state index contributed by atoms with van der Waals surface area (Å²) < 4.78 is 36.8. The number of hydrogen-bond acceptors (Lipinski definition) is 8. The summed E-state index contributed by atoms with van der Waals surface area (Å²) in [6.45, 7) is 13.7. The Morgan fingerprint density at radius 2 is 1.18 bits per heavy atom. The van der Waals surface area contributed by atoms with E-state index < -0.39 is 54.7 Å². The Morgan fingerprint density at radius 3 is 1.64 bits per heavy atom. The van der Waals surface area contributed by atoms with Crippen LogP contribution < -0.4 is 0 Å². The van der Waals surface area contributed by atoms with Crippen molar-refractivity contribution in [3.8, 4) is 0 Å². The number of rotatable bonds is 15. The van der Waals surface area contributed by atoms with E-state index in [2.05, 4.69) is 41.5 Å². The van der Waals surface area contributed by atoms with E-state index in [1.54, 1.807) is 30.3 Å². The van der Waals surface area contributed by atoms with Gasteiger partial charge >= 0.3 is 5.97 Å². The van der Waals surface area contributed by atoms with Crippen molar-refractivity contribution in [1.82, 2.24) is 0 Å². The Balaban J connectivity index is 1.80. The lowest BCUT2D eigenvalue weighted by Crippen LogP contribution is -2.63. The second-order valence-corrected chi connectivity index (χ2v) is 21.1. The fourth-order valence-electron chi connectivity index (χ4n) is 6.83. The molecule has 0 aromatic heterocycles. The SMILES string of the molecule is CC(C)[Si](OC[C@H]1O[C@H](OC(=N)C(Cl)(Cl)Cl)[C@@H](OC(=O)c2ccccc2)[C@@H](OCc2ccccc2)[C@@H]1OCc1ccccc1)(C(C)C)C(C)C. The molecule has 1 aliphatic rings. The van der Waals surface area contributed by atoms with Crippen LogP contribution >= 0.6 is 34.8 Å². The molecule has 272 valence electrons. The van der Waals surface area contributed by atoms with Gasteiger partial charge in [0.1, 0.15) is 18.3 Å². The minimum Gasteiger partial charge on any atom is -0.449 e. The molecule has 4 rings (SSSR count). The Labute approximate surface area is 312 Å². The van der Waals surface area contributed by atoms with Gasteiger partial charge in [0.2, 0.25) is 12.2 Å². The number of hydrogen-bond donors (Lipinski definition) is 1. The number of halogens is 3. The molecule has 1 N–H and O–H groups in total. The number of esters is 1. The predicted molar refractivity (Wildman–Crippen MR) is 200 cm³/mol. The third kappa shape index (κ3) is 10.3. The molecule has 12 heteroatoms. The Morgan fingerprint density at radius 1 is 0.720 bits per heavy atom. The van der Waals surface area contributed by atoms with Crippen molar-refractivity contribution in [2.75, 3.05) is 6.61 Å². The maximum atomic E-state index is 13.6. The van der Waals surface area contributed by atoms with Crippen LogP contribution in [0.4, 0.5) is 0 Å². The van der Waals surface area contributed by atoms with Crippen LogP contribution in [0.1, 0.15) is 63.0 Å². The summed E-state index contributed by atoms with van der Waals surface area (Å²) in [6.07, 6.45) is -5.23.